The van der Waals surface area contributed by atoms with E-state index in [0.717, 1.165) is 29.8 Å². The Balaban J connectivity index is 0.00000106. The van der Waals surface area contributed by atoms with E-state index < -0.39 is 0 Å². The van der Waals surface area contributed by atoms with Crippen molar-refractivity contribution in [3.63, 3.8) is 0 Å². The third-order valence-electron chi connectivity index (χ3n) is 2.85. The lowest BCUT2D eigenvalue weighted by Gasteiger charge is -2.12. The van der Waals surface area contributed by atoms with E-state index in [-0.39, 0.29) is 5.91 Å². The molecule has 0 unspecified atom stereocenters. The molecule has 5 heteroatoms. The molecule has 3 nitrogen and oxygen atoms in total. The van der Waals surface area contributed by atoms with Gasteiger partial charge in [-0.05, 0) is 38.0 Å². The van der Waals surface area contributed by atoms with Gasteiger partial charge >= 0.3 is 0 Å². The molecule has 0 saturated heterocycles. The van der Waals surface area contributed by atoms with Gasteiger partial charge in [-0.2, -0.15) is 0 Å². The highest BCUT2D eigenvalue weighted by atomic mass is 35.5. The molecule has 1 aromatic carbocycles. The van der Waals surface area contributed by atoms with Crippen LogP contribution in [0, 0.1) is 0 Å². The minimum atomic E-state index is -0.123. The molecule has 0 fully saturated rings. The van der Waals surface area contributed by atoms with Crippen molar-refractivity contribution in [3.05, 3.63) is 40.4 Å². The van der Waals surface area contributed by atoms with Crippen LogP contribution in [0.2, 0.25) is 5.02 Å². The molecule has 2 rings (SSSR count). The topological polar surface area (TPSA) is 41.5 Å². The monoisotopic (exact) mass is 324 g/mol. The minimum absolute atomic E-state index is 0.123. The molecule has 1 N–H and O–H groups in total. The van der Waals surface area contributed by atoms with Crippen LogP contribution < -0.4 is 4.72 Å². The summed E-state index contributed by atoms with van der Waals surface area (Å²) in [5, 5.41) is 0.616. The largest absolute Gasteiger partial charge is 0.296 e. The SMILES string of the molecule is CC.CSNC(=O)c1ccc(Cl)c(C2=CCCC(C)=N2)c1. The minimum Gasteiger partial charge on any atom is -0.296 e. The van der Waals surface area contributed by atoms with Crippen molar-refractivity contribution in [2.45, 2.75) is 33.6 Å². The molecule has 0 aliphatic carbocycles. The number of hydrogen-bond donors (Lipinski definition) is 1. The molecule has 1 aliphatic rings. The van der Waals surface area contributed by atoms with Gasteiger partial charge in [0.2, 0.25) is 0 Å². The number of carbonyl (C=O) groups is 1. The van der Waals surface area contributed by atoms with Gasteiger partial charge in [-0.3, -0.25) is 14.5 Å². The molecule has 0 atom stereocenters. The van der Waals surface area contributed by atoms with Crippen molar-refractivity contribution < 1.29 is 4.79 Å². The van der Waals surface area contributed by atoms with E-state index in [1.807, 2.05) is 27.0 Å². The first-order valence-corrected chi connectivity index (χ1v) is 8.59. The van der Waals surface area contributed by atoms with Crippen LogP contribution in [0.4, 0.5) is 0 Å². The van der Waals surface area contributed by atoms with Gasteiger partial charge in [0, 0.05) is 28.1 Å². The molecule has 1 aliphatic heterocycles. The summed E-state index contributed by atoms with van der Waals surface area (Å²) in [5.74, 6) is -0.123. The van der Waals surface area contributed by atoms with Crippen molar-refractivity contribution in [1.29, 1.82) is 0 Å². The standard InChI is InChI=1S/C14H15ClN2OS.C2H6/c1-9-4-3-5-13(16-9)11-8-10(6-7-12(11)15)14(18)17-19-2;1-2/h5-8H,3-4H2,1-2H3,(H,17,18);1-2H3. The summed E-state index contributed by atoms with van der Waals surface area (Å²) >= 11 is 7.49. The fourth-order valence-corrected chi connectivity index (χ4v) is 2.43. The Labute approximate surface area is 136 Å². The molecule has 1 amide bonds. The number of rotatable bonds is 3. The van der Waals surface area contributed by atoms with Crippen molar-refractivity contribution in [1.82, 2.24) is 4.72 Å². The average Bonchev–Trinajstić information content (AvgIpc) is 2.50. The second kappa shape index (κ2) is 8.90. The van der Waals surface area contributed by atoms with Crippen molar-refractivity contribution in [3.8, 4) is 0 Å². The number of amides is 1. The molecule has 114 valence electrons. The molecule has 0 spiro atoms. The van der Waals surface area contributed by atoms with Crippen LogP contribution in [-0.2, 0) is 0 Å². The zero-order valence-corrected chi connectivity index (χ0v) is 14.4. The Bertz CT molecular complexity index is 567. The zero-order chi connectivity index (χ0) is 15.8. The highest BCUT2D eigenvalue weighted by Crippen LogP contribution is 2.29. The number of aliphatic imine (C=N–C) groups is 1. The van der Waals surface area contributed by atoms with E-state index in [0.29, 0.717) is 10.6 Å². The van der Waals surface area contributed by atoms with Gasteiger partial charge in [-0.15, -0.1) is 0 Å². The summed E-state index contributed by atoms with van der Waals surface area (Å²) in [5.41, 5.74) is 3.35. The summed E-state index contributed by atoms with van der Waals surface area (Å²) in [6.45, 7) is 6.01. The first-order valence-electron chi connectivity index (χ1n) is 6.99. The van der Waals surface area contributed by atoms with Crippen LogP contribution >= 0.6 is 23.5 Å². The molecule has 0 saturated carbocycles. The Morgan fingerprint density at radius 2 is 2.10 bits per heavy atom. The second-order valence-corrected chi connectivity index (χ2v) is 5.32. The quantitative estimate of drug-likeness (QED) is 0.797. The highest BCUT2D eigenvalue weighted by molar-refractivity contribution is 7.97. The number of carbonyl (C=O) groups excluding carboxylic acids is 1. The molecule has 21 heavy (non-hydrogen) atoms. The zero-order valence-electron chi connectivity index (χ0n) is 12.9. The fraction of sp³-hybridized carbons (Fsp3) is 0.375. The van der Waals surface area contributed by atoms with E-state index in [1.54, 1.807) is 18.2 Å². The van der Waals surface area contributed by atoms with Crippen LogP contribution in [-0.4, -0.2) is 17.9 Å². The van der Waals surface area contributed by atoms with Gasteiger partial charge in [0.1, 0.15) is 0 Å². The maximum absolute atomic E-state index is 11.8. The summed E-state index contributed by atoms with van der Waals surface area (Å²) in [6.07, 6.45) is 5.81. The molecule has 1 aromatic rings. The normalized spacial score (nSPS) is 13.6. The first-order chi connectivity index (χ1) is 10.1. The average molecular weight is 325 g/mol. The maximum atomic E-state index is 11.8. The van der Waals surface area contributed by atoms with Crippen LogP contribution in [0.3, 0.4) is 0 Å². The van der Waals surface area contributed by atoms with Crippen molar-refractivity contribution in [2.75, 3.05) is 6.26 Å². The molecular formula is C16H21ClN2OS. The molecule has 0 aromatic heterocycles. The van der Waals surface area contributed by atoms with Crippen molar-refractivity contribution >= 4 is 40.9 Å². The first kappa shape index (κ1) is 17.8. The Kier molecular flexibility index (Phi) is 7.54. The van der Waals surface area contributed by atoms with Crippen molar-refractivity contribution in [2.24, 2.45) is 4.99 Å². The Morgan fingerprint density at radius 1 is 1.38 bits per heavy atom. The van der Waals surface area contributed by atoms with Gasteiger partial charge in [0.25, 0.3) is 5.91 Å². The number of halogens is 1. The third-order valence-corrected chi connectivity index (χ3v) is 3.57. The van der Waals surface area contributed by atoms with Gasteiger partial charge in [-0.1, -0.05) is 43.5 Å². The Morgan fingerprint density at radius 3 is 2.71 bits per heavy atom. The van der Waals surface area contributed by atoms with Gasteiger partial charge in [-0.25, -0.2) is 0 Å². The predicted octanol–water partition coefficient (Wildman–Crippen LogP) is 4.97. The number of allylic oxidation sites excluding steroid dienone is 1. The van der Waals surface area contributed by atoms with Crippen LogP contribution in [0.5, 0.6) is 0 Å². The van der Waals surface area contributed by atoms with E-state index in [1.165, 1.54) is 11.9 Å². The van der Waals surface area contributed by atoms with Crippen LogP contribution in [0.25, 0.3) is 5.70 Å². The van der Waals surface area contributed by atoms with Crippen LogP contribution in [0.15, 0.2) is 29.3 Å². The molecule has 0 bridgehead atoms. The fourth-order valence-electron chi connectivity index (χ4n) is 1.91. The molecule has 0 radical (unpaired) electrons. The van der Waals surface area contributed by atoms with E-state index in [2.05, 4.69) is 15.8 Å². The lowest BCUT2D eigenvalue weighted by atomic mass is 10.0. The van der Waals surface area contributed by atoms with E-state index in [9.17, 15) is 4.79 Å². The van der Waals surface area contributed by atoms with E-state index >= 15 is 0 Å². The van der Waals surface area contributed by atoms with Gasteiger partial charge < -0.3 is 0 Å². The lowest BCUT2D eigenvalue weighted by molar-refractivity contribution is 0.0984. The lowest BCUT2D eigenvalue weighted by Crippen LogP contribution is -2.15. The van der Waals surface area contributed by atoms with Crippen LogP contribution in [0.1, 0.15) is 49.5 Å². The number of hydrogen-bond acceptors (Lipinski definition) is 3. The highest BCUT2D eigenvalue weighted by Gasteiger charge is 2.13. The maximum Gasteiger partial charge on any atom is 0.261 e. The molecular weight excluding hydrogens is 304 g/mol. The summed E-state index contributed by atoms with van der Waals surface area (Å²) in [4.78, 5) is 16.3. The summed E-state index contributed by atoms with van der Waals surface area (Å²) in [6, 6.07) is 5.26. The smallest absolute Gasteiger partial charge is 0.261 e. The molecule has 1 heterocycles. The van der Waals surface area contributed by atoms with Gasteiger partial charge in [0.05, 0.1) is 5.70 Å². The van der Waals surface area contributed by atoms with Gasteiger partial charge in [0.15, 0.2) is 0 Å². The number of nitrogens with one attached hydrogen (secondary N) is 1. The third kappa shape index (κ3) is 4.90. The Hall–Kier alpha value is -1.26. The summed E-state index contributed by atoms with van der Waals surface area (Å²) < 4.78 is 2.70. The van der Waals surface area contributed by atoms with E-state index in [4.69, 9.17) is 11.6 Å². The number of nitrogens with zero attached hydrogens (tertiary/aromatic N) is 1. The summed E-state index contributed by atoms with van der Waals surface area (Å²) in [7, 11) is 0. The second-order valence-electron chi connectivity index (χ2n) is 4.31. The predicted molar refractivity (Wildman–Crippen MR) is 94.1 cm³/mol. The number of benzene rings is 1.